The molecule has 2 aromatic rings. The molecule has 2 rings (SSSR count). The molecule has 0 spiro atoms. The molecular formula is C13H12BrFN2O. The Kier molecular flexibility index (Phi) is 3.81. The molecule has 94 valence electrons. The van der Waals surface area contributed by atoms with Crippen LogP contribution in [0.3, 0.4) is 0 Å². The fourth-order valence-corrected chi connectivity index (χ4v) is 1.72. The normalized spacial score (nSPS) is 10.2. The van der Waals surface area contributed by atoms with E-state index in [1.807, 2.05) is 37.2 Å². The molecule has 0 atom stereocenters. The molecule has 0 fully saturated rings. The van der Waals surface area contributed by atoms with Crippen molar-refractivity contribution >= 4 is 21.6 Å². The molecule has 0 aliphatic rings. The second-order valence-corrected chi connectivity index (χ2v) is 4.85. The number of nitrogens with zero attached hydrogens (tertiary/aromatic N) is 2. The molecule has 0 amide bonds. The Morgan fingerprint density at radius 2 is 2.06 bits per heavy atom. The average Bonchev–Trinajstić information content (AvgIpc) is 2.33. The van der Waals surface area contributed by atoms with Gasteiger partial charge in [-0.3, -0.25) is 0 Å². The molecule has 0 aliphatic carbocycles. The summed E-state index contributed by atoms with van der Waals surface area (Å²) in [6, 6.07) is 8.69. The lowest BCUT2D eigenvalue weighted by atomic mass is 10.3. The van der Waals surface area contributed by atoms with Crippen LogP contribution in [0.4, 0.5) is 10.1 Å². The average molecular weight is 311 g/mol. The Hall–Kier alpha value is -1.62. The SMILES string of the molecule is CN(C)c1cccc(Oc2ncc(Br)cc2F)c1. The molecule has 0 radical (unpaired) electrons. The molecule has 0 saturated heterocycles. The highest BCUT2D eigenvalue weighted by atomic mass is 79.9. The van der Waals surface area contributed by atoms with E-state index in [9.17, 15) is 4.39 Å². The Bertz CT molecular complexity index is 560. The fraction of sp³-hybridized carbons (Fsp3) is 0.154. The summed E-state index contributed by atoms with van der Waals surface area (Å²) in [5, 5.41) is 0. The van der Waals surface area contributed by atoms with Crippen LogP contribution in [-0.2, 0) is 0 Å². The number of anilines is 1. The molecule has 0 N–H and O–H groups in total. The number of hydrogen-bond donors (Lipinski definition) is 0. The van der Waals surface area contributed by atoms with Crippen molar-refractivity contribution in [2.45, 2.75) is 0 Å². The summed E-state index contributed by atoms with van der Waals surface area (Å²) in [5.41, 5.74) is 0.977. The van der Waals surface area contributed by atoms with Crippen molar-refractivity contribution in [2.75, 3.05) is 19.0 Å². The van der Waals surface area contributed by atoms with E-state index >= 15 is 0 Å². The molecule has 3 nitrogen and oxygen atoms in total. The van der Waals surface area contributed by atoms with Crippen molar-refractivity contribution in [2.24, 2.45) is 0 Å². The third-order valence-electron chi connectivity index (χ3n) is 2.32. The predicted octanol–water partition coefficient (Wildman–Crippen LogP) is 3.84. The van der Waals surface area contributed by atoms with E-state index in [1.165, 1.54) is 12.3 Å². The van der Waals surface area contributed by atoms with E-state index in [1.54, 1.807) is 6.07 Å². The monoisotopic (exact) mass is 310 g/mol. The van der Waals surface area contributed by atoms with E-state index in [0.29, 0.717) is 10.2 Å². The smallest absolute Gasteiger partial charge is 0.255 e. The second kappa shape index (κ2) is 5.35. The first kappa shape index (κ1) is 12.8. The zero-order chi connectivity index (χ0) is 13.1. The quantitative estimate of drug-likeness (QED) is 0.861. The third kappa shape index (κ3) is 2.98. The zero-order valence-corrected chi connectivity index (χ0v) is 11.6. The van der Waals surface area contributed by atoms with Crippen LogP contribution in [0.2, 0.25) is 0 Å². The van der Waals surface area contributed by atoms with Crippen LogP contribution < -0.4 is 9.64 Å². The highest BCUT2D eigenvalue weighted by Gasteiger charge is 2.07. The molecule has 0 aliphatic heterocycles. The van der Waals surface area contributed by atoms with Gasteiger partial charge in [-0.1, -0.05) is 6.07 Å². The van der Waals surface area contributed by atoms with Gasteiger partial charge in [-0.25, -0.2) is 9.37 Å². The van der Waals surface area contributed by atoms with Gasteiger partial charge in [0.15, 0.2) is 5.82 Å². The molecule has 0 unspecified atom stereocenters. The summed E-state index contributed by atoms with van der Waals surface area (Å²) >= 11 is 3.15. The lowest BCUT2D eigenvalue weighted by molar-refractivity contribution is 0.422. The largest absolute Gasteiger partial charge is 0.436 e. The van der Waals surface area contributed by atoms with Crippen molar-refractivity contribution in [3.05, 3.63) is 46.8 Å². The van der Waals surface area contributed by atoms with Gasteiger partial charge in [0.1, 0.15) is 5.75 Å². The van der Waals surface area contributed by atoms with Crippen molar-refractivity contribution in [3.8, 4) is 11.6 Å². The first-order valence-corrected chi connectivity index (χ1v) is 6.12. The van der Waals surface area contributed by atoms with Gasteiger partial charge in [-0.15, -0.1) is 0 Å². The van der Waals surface area contributed by atoms with Crippen LogP contribution >= 0.6 is 15.9 Å². The summed E-state index contributed by atoms with van der Waals surface area (Å²) in [6.45, 7) is 0. The van der Waals surface area contributed by atoms with Gasteiger partial charge in [-0.05, 0) is 34.1 Å². The van der Waals surface area contributed by atoms with Crippen molar-refractivity contribution < 1.29 is 9.13 Å². The zero-order valence-electron chi connectivity index (χ0n) is 10.0. The predicted molar refractivity (Wildman–Crippen MR) is 72.7 cm³/mol. The van der Waals surface area contributed by atoms with Crippen LogP contribution in [0.1, 0.15) is 0 Å². The number of rotatable bonds is 3. The molecule has 0 saturated carbocycles. The van der Waals surface area contributed by atoms with Gasteiger partial charge >= 0.3 is 0 Å². The molecule has 1 heterocycles. The third-order valence-corrected chi connectivity index (χ3v) is 2.76. The summed E-state index contributed by atoms with van der Waals surface area (Å²) in [5.74, 6) is 0.0173. The first-order chi connectivity index (χ1) is 8.56. The first-order valence-electron chi connectivity index (χ1n) is 5.32. The molecule has 5 heteroatoms. The van der Waals surface area contributed by atoms with Crippen molar-refractivity contribution in [3.63, 3.8) is 0 Å². The maximum atomic E-state index is 13.6. The van der Waals surface area contributed by atoms with Gasteiger partial charge in [-0.2, -0.15) is 0 Å². The molecule has 0 bridgehead atoms. The Morgan fingerprint density at radius 3 is 2.72 bits per heavy atom. The number of hydrogen-bond acceptors (Lipinski definition) is 3. The van der Waals surface area contributed by atoms with E-state index in [0.717, 1.165) is 5.69 Å². The highest BCUT2D eigenvalue weighted by molar-refractivity contribution is 9.10. The maximum absolute atomic E-state index is 13.6. The van der Waals surface area contributed by atoms with Gasteiger partial charge in [0.25, 0.3) is 5.88 Å². The van der Waals surface area contributed by atoms with Crippen molar-refractivity contribution in [1.29, 1.82) is 0 Å². The fourth-order valence-electron chi connectivity index (χ4n) is 1.41. The minimum absolute atomic E-state index is 0.0332. The van der Waals surface area contributed by atoms with Crippen molar-refractivity contribution in [1.82, 2.24) is 4.98 Å². The number of aromatic nitrogens is 1. The Balaban J connectivity index is 2.25. The summed E-state index contributed by atoms with van der Waals surface area (Å²) in [6.07, 6.45) is 1.49. The minimum Gasteiger partial charge on any atom is -0.436 e. The van der Waals surface area contributed by atoms with Gasteiger partial charge < -0.3 is 9.64 Å². The lowest BCUT2D eigenvalue weighted by Gasteiger charge is -2.13. The van der Waals surface area contributed by atoms with Crippen LogP contribution in [0, 0.1) is 5.82 Å². The van der Waals surface area contributed by atoms with E-state index in [2.05, 4.69) is 20.9 Å². The van der Waals surface area contributed by atoms with Gasteiger partial charge in [0.05, 0.1) is 0 Å². The number of benzene rings is 1. The molecule has 1 aromatic carbocycles. The van der Waals surface area contributed by atoms with Crippen LogP contribution in [-0.4, -0.2) is 19.1 Å². The minimum atomic E-state index is -0.500. The van der Waals surface area contributed by atoms with Crippen LogP contribution in [0.15, 0.2) is 41.0 Å². The van der Waals surface area contributed by atoms with Crippen LogP contribution in [0.5, 0.6) is 11.6 Å². The van der Waals surface area contributed by atoms with Crippen LogP contribution in [0.25, 0.3) is 0 Å². The second-order valence-electron chi connectivity index (χ2n) is 3.93. The number of pyridine rings is 1. The standard InChI is InChI=1S/C13H12BrFN2O/c1-17(2)10-4-3-5-11(7-10)18-13-12(15)6-9(14)8-16-13/h3-8H,1-2H3. The van der Waals surface area contributed by atoms with E-state index < -0.39 is 5.82 Å². The number of halogens is 2. The topological polar surface area (TPSA) is 25.4 Å². The van der Waals surface area contributed by atoms with E-state index in [4.69, 9.17) is 4.74 Å². The maximum Gasteiger partial charge on any atom is 0.255 e. The molecule has 18 heavy (non-hydrogen) atoms. The highest BCUT2D eigenvalue weighted by Crippen LogP contribution is 2.26. The van der Waals surface area contributed by atoms with E-state index in [-0.39, 0.29) is 5.88 Å². The summed E-state index contributed by atoms with van der Waals surface area (Å²) < 4.78 is 19.6. The van der Waals surface area contributed by atoms with Gasteiger partial charge in [0, 0.05) is 36.5 Å². The lowest BCUT2D eigenvalue weighted by Crippen LogP contribution is -2.08. The Labute approximate surface area is 113 Å². The molecular weight excluding hydrogens is 299 g/mol. The summed E-state index contributed by atoms with van der Waals surface area (Å²) in [4.78, 5) is 5.83. The Morgan fingerprint density at radius 1 is 1.28 bits per heavy atom. The van der Waals surface area contributed by atoms with Gasteiger partial charge in [0.2, 0.25) is 0 Å². The molecule has 1 aromatic heterocycles. The summed E-state index contributed by atoms with van der Waals surface area (Å²) in [7, 11) is 3.86. The number of ether oxygens (including phenoxy) is 1.